The Balaban J connectivity index is 2.16. The summed E-state index contributed by atoms with van der Waals surface area (Å²) in [4.78, 5) is 27.9. The second-order valence-corrected chi connectivity index (χ2v) is 7.33. The Hall–Kier alpha value is -2.48. The lowest BCUT2D eigenvalue weighted by Crippen LogP contribution is -2.23. The predicted molar refractivity (Wildman–Crippen MR) is 92.9 cm³/mol. The van der Waals surface area contributed by atoms with Gasteiger partial charge in [-0.25, -0.2) is 14.2 Å². The number of benzene rings is 1. The molecule has 1 amide bonds. The Labute approximate surface area is 148 Å². The number of carbonyl (C=O) groups excluding carboxylic acids is 1. The van der Waals surface area contributed by atoms with Gasteiger partial charge in [-0.15, -0.1) is 11.3 Å². The van der Waals surface area contributed by atoms with Crippen molar-refractivity contribution in [3.63, 3.8) is 0 Å². The van der Waals surface area contributed by atoms with Crippen LogP contribution in [0.15, 0.2) is 23.7 Å². The lowest BCUT2D eigenvalue weighted by Gasteiger charge is -2.17. The number of carboxylic acids is 1. The number of hydrogen-bond donors (Lipinski definition) is 2. The number of aromatic nitrogens is 1. The lowest BCUT2D eigenvalue weighted by atomic mass is 9.91. The van der Waals surface area contributed by atoms with Gasteiger partial charge in [0.25, 0.3) is 5.91 Å². The fraction of sp³-hybridized carbons (Fsp3) is 0.353. The van der Waals surface area contributed by atoms with E-state index in [1.54, 1.807) is 5.51 Å². The van der Waals surface area contributed by atoms with Gasteiger partial charge < -0.3 is 15.2 Å². The molecule has 1 heterocycles. The third-order valence-corrected chi connectivity index (χ3v) is 4.15. The van der Waals surface area contributed by atoms with E-state index in [0.29, 0.717) is 10.6 Å². The standard InChI is InChI=1S/C17H19FN2O4S/c1-9(16(22)23)24-12-6-5-10(7-11(12)18)20-15(21)13-14(17(2,3)4)19-8-25-13/h5-9H,1-4H3,(H,20,21)(H,22,23). The van der Waals surface area contributed by atoms with Gasteiger partial charge in [-0.05, 0) is 19.1 Å². The molecule has 2 aromatic rings. The monoisotopic (exact) mass is 366 g/mol. The van der Waals surface area contributed by atoms with Crippen LogP contribution in [0.5, 0.6) is 5.75 Å². The number of carboxylic acid groups (broad SMARTS) is 1. The molecule has 0 aliphatic carbocycles. The van der Waals surface area contributed by atoms with E-state index < -0.39 is 17.9 Å². The maximum Gasteiger partial charge on any atom is 0.344 e. The topological polar surface area (TPSA) is 88.5 Å². The number of ether oxygens (including phenoxy) is 1. The van der Waals surface area contributed by atoms with Crippen LogP contribution in [0.3, 0.4) is 0 Å². The van der Waals surface area contributed by atoms with Crippen LogP contribution in [-0.2, 0) is 10.2 Å². The quantitative estimate of drug-likeness (QED) is 0.843. The maximum absolute atomic E-state index is 14.1. The Morgan fingerprint density at radius 2 is 2.04 bits per heavy atom. The summed E-state index contributed by atoms with van der Waals surface area (Å²) in [5.74, 6) is -2.52. The first kappa shape index (κ1) is 18.9. The average Bonchev–Trinajstić information content (AvgIpc) is 2.99. The summed E-state index contributed by atoms with van der Waals surface area (Å²) in [5.41, 5.74) is 2.22. The van der Waals surface area contributed by atoms with Crippen molar-refractivity contribution < 1.29 is 23.8 Å². The second-order valence-electron chi connectivity index (χ2n) is 6.48. The van der Waals surface area contributed by atoms with Crippen molar-refractivity contribution >= 4 is 28.9 Å². The number of rotatable bonds is 5. The zero-order valence-electron chi connectivity index (χ0n) is 14.3. The Bertz CT molecular complexity index is 798. The van der Waals surface area contributed by atoms with Crippen LogP contribution < -0.4 is 10.1 Å². The first-order chi connectivity index (χ1) is 11.6. The number of halogens is 1. The van der Waals surface area contributed by atoms with E-state index in [9.17, 15) is 14.0 Å². The number of carbonyl (C=O) groups is 2. The largest absolute Gasteiger partial charge is 0.479 e. The highest BCUT2D eigenvalue weighted by Gasteiger charge is 2.25. The first-order valence-corrected chi connectivity index (χ1v) is 8.42. The molecule has 1 aromatic heterocycles. The van der Waals surface area contributed by atoms with E-state index in [-0.39, 0.29) is 22.8 Å². The fourth-order valence-electron chi connectivity index (χ4n) is 2.04. The SMILES string of the molecule is CC(Oc1ccc(NC(=O)c2scnc2C(C)(C)C)cc1F)C(=O)O. The van der Waals surface area contributed by atoms with Gasteiger partial charge in [0, 0.05) is 17.2 Å². The molecule has 1 aromatic carbocycles. The molecule has 1 unspecified atom stereocenters. The Kier molecular flexibility index (Phi) is 5.42. The number of amides is 1. The molecule has 2 N–H and O–H groups in total. The molecule has 25 heavy (non-hydrogen) atoms. The highest BCUT2D eigenvalue weighted by molar-refractivity contribution is 7.12. The number of anilines is 1. The van der Waals surface area contributed by atoms with E-state index in [4.69, 9.17) is 9.84 Å². The van der Waals surface area contributed by atoms with Gasteiger partial charge in [0.05, 0.1) is 11.2 Å². The van der Waals surface area contributed by atoms with E-state index in [2.05, 4.69) is 10.3 Å². The van der Waals surface area contributed by atoms with Crippen LogP contribution in [0.1, 0.15) is 43.1 Å². The molecule has 0 radical (unpaired) electrons. The van der Waals surface area contributed by atoms with Gasteiger partial charge in [-0.3, -0.25) is 4.79 Å². The van der Waals surface area contributed by atoms with Crippen LogP contribution in [0, 0.1) is 5.82 Å². The summed E-state index contributed by atoms with van der Waals surface area (Å²) in [5, 5.41) is 11.4. The summed E-state index contributed by atoms with van der Waals surface area (Å²) in [7, 11) is 0. The smallest absolute Gasteiger partial charge is 0.344 e. The molecule has 2 rings (SSSR count). The number of nitrogens with zero attached hydrogens (tertiary/aromatic N) is 1. The van der Waals surface area contributed by atoms with Crippen molar-refractivity contribution in [3.8, 4) is 5.75 Å². The summed E-state index contributed by atoms with van der Waals surface area (Å²) in [6.07, 6.45) is -1.18. The molecule has 8 heteroatoms. The number of nitrogens with one attached hydrogen (secondary N) is 1. The average molecular weight is 366 g/mol. The fourth-order valence-corrected chi connectivity index (χ4v) is 2.94. The van der Waals surface area contributed by atoms with E-state index >= 15 is 0 Å². The summed E-state index contributed by atoms with van der Waals surface area (Å²) < 4.78 is 19.1. The lowest BCUT2D eigenvalue weighted by molar-refractivity contribution is -0.144. The number of thiazole rings is 1. The summed E-state index contributed by atoms with van der Waals surface area (Å²) >= 11 is 1.22. The molecule has 0 saturated carbocycles. The van der Waals surface area contributed by atoms with Crippen LogP contribution in [0.4, 0.5) is 10.1 Å². The second kappa shape index (κ2) is 7.18. The Morgan fingerprint density at radius 3 is 2.60 bits per heavy atom. The molecule has 0 aliphatic rings. The molecule has 0 aliphatic heterocycles. The molecule has 1 atom stereocenters. The third-order valence-electron chi connectivity index (χ3n) is 3.33. The molecule has 6 nitrogen and oxygen atoms in total. The van der Waals surface area contributed by atoms with Gasteiger partial charge in [0.2, 0.25) is 0 Å². The van der Waals surface area contributed by atoms with Crippen molar-refractivity contribution in [2.45, 2.75) is 39.2 Å². The molecule has 134 valence electrons. The van der Waals surface area contributed by atoms with Crippen molar-refractivity contribution in [1.29, 1.82) is 0 Å². The molecule has 0 bridgehead atoms. The third kappa shape index (κ3) is 4.54. The van der Waals surface area contributed by atoms with Gasteiger partial charge >= 0.3 is 5.97 Å². The minimum Gasteiger partial charge on any atom is -0.479 e. The van der Waals surface area contributed by atoms with E-state index in [1.807, 2.05) is 20.8 Å². The Morgan fingerprint density at radius 1 is 1.36 bits per heavy atom. The molecule has 0 spiro atoms. The summed E-state index contributed by atoms with van der Waals surface area (Å²) in [6.45, 7) is 7.16. The number of aliphatic carboxylic acids is 1. The first-order valence-electron chi connectivity index (χ1n) is 7.54. The molecule has 0 fully saturated rings. The predicted octanol–water partition coefficient (Wildman–Crippen LogP) is 3.68. The van der Waals surface area contributed by atoms with Crippen LogP contribution in [0.25, 0.3) is 0 Å². The van der Waals surface area contributed by atoms with E-state index in [0.717, 1.165) is 6.07 Å². The van der Waals surface area contributed by atoms with Crippen molar-refractivity contribution in [2.24, 2.45) is 0 Å². The van der Waals surface area contributed by atoms with Crippen LogP contribution >= 0.6 is 11.3 Å². The highest BCUT2D eigenvalue weighted by Crippen LogP contribution is 2.28. The zero-order valence-corrected chi connectivity index (χ0v) is 15.1. The number of hydrogen-bond acceptors (Lipinski definition) is 5. The minimum atomic E-state index is -1.20. The van der Waals surface area contributed by atoms with Crippen molar-refractivity contribution in [2.75, 3.05) is 5.32 Å². The van der Waals surface area contributed by atoms with Crippen LogP contribution in [-0.4, -0.2) is 28.1 Å². The normalized spacial score (nSPS) is 12.5. The van der Waals surface area contributed by atoms with Gasteiger partial charge in [0.1, 0.15) is 4.88 Å². The van der Waals surface area contributed by atoms with Crippen molar-refractivity contribution in [1.82, 2.24) is 4.98 Å². The minimum absolute atomic E-state index is 0.193. The van der Waals surface area contributed by atoms with E-state index in [1.165, 1.54) is 30.4 Å². The zero-order chi connectivity index (χ0) is 18.8. The highest BCUT2D eigenvalue weighted by atomic mass is 32.1. The summed E-state index contributed by atoms with van der Waals surface area (Å²) in [6, 6.07) is 3.81. The molecular weight excluding hydrogens is 347 g/mol. The molecule has 0 saturated heterocycles. The maximum atomic E-state index is 14.1. The van der Waals surface area contributed by atoms with Gasteiger partial charge in [-0.1, -0.05) is 20.8 Å². The van der Waals surface area contributed by atoms with Crippen molar-refractivity contribution in [3.05, 3.63) is 40.1 Å². The van der Waals surface area contributed by atoms with Crippen LogP contribution in [0.2, 0.25) is 0 Å². The molecular formula is C17H19FN2O4S. The van der Waals surface area contributed by atoms with Gasteiger partial charge in [0.15, 0.2) is 17.7 Å². The van der Waals surface area contributed by atoms with Gasteiger partial charge in [-0.2, -0.15) is 0 Å².